The Labute approximate surface area is 250 Å². The van der Waals surface area contributed by atoms with E-state index in [1.165, 1.54) is 18.2 Å². The zero-order chi connectivity index (χ0) is 30.2. The average molecular weight is 598 g/mol. The molecule has 2 fully saturated rings. The number of carbonyl (C=O) groups excluding carboxylic acids is 2. The number of halogens is 2. The number of amides is 2. The van der Waals surface area contributed by atoms with Crippen LogP contribution in [-0.2, 0) is 11.3 Å². The summed E-state index contributed by atoms with van der Waals surface area (Å²) in [5, 5.41) is 6.54. The highest BCUT2D eigenvalue weighted by Crippen LogP contribution is 2.48. The van der Waals surface area contributed by atoms with Crippen molar-refractivity contribution in [2.45, 2.75) is 84.9 Å². The van der Waals surface area contributed by atoms with Crippen LogP contribution in [0.1, 0.15) is 92.4 Å². The Hall–Kier alpha value is -3.11. The summed E-state index contributed by atoms with van der Waals surface area (Å²) in [5.74, 6) is -0.0117. The first-order chi connectivity index (χ1) is 19.9. The molecule has 1 aliphatic carbocycles. The van der Waals surface area contributed by atoms with Gasteiger partial charge in [-0.2, -0.15) is 0 Å². The molecule has 5 rings (SSSR count). The number of nitrogens with one attached hydrogen (secondary N) is 2. The summed E-state index contributed by atoms with van der Waals surface area (Å²) >= 11 is 0.801. The Bertz CT molecular complexity index is 1470. The van der Waals surface area contributed by atoms with Crippen LogP contribution in [-0.4, -0.2) is 45.4 Å². The van der Waals surface area contributed by atoms with Gasteiger partial charge in [0.25, 0.3) is 12.3 Å². The Morgan fingerprint density at radius 1 is 1.19 bits per heavy atom. The first kappa shape index (κ1) is 30.4. The molecule has 42 heavy (non-hydrogen) atoms. The van der Waals surface area contributed by atoms with E-state index in [0.717, 1.165) is 73.1 Å². The lowest BCUT2D eigenvalue weighted by molar-refractivity contribution is -0.125. The molecule has 1 aromatic carbocycles. The van der Waals surface area contributed by atoms with Gasteiger partial charge in [-0.25, -0.2) is 13.8 Å². The van der Waals surface area contributed by atoms with Crippen LogP contribution in [0.25, 0.3) is 11.0 Å². The fraction of sp³-hybridized carbons (Fsp3) is 0.531. The zero-order valence-corrected chi connectivity index (χ0v) is 25.7. The maximum Gasteiger partial charge on any atom is 0.272 e. The predicted molar refractivity (Wildman–Crippen MR) is 164 cm³/mol. The van der Waals surface area contributed by atoms with Crippen molar-refractivity contribution in [3.8, 4) is 0 Å². The minimum absolute atomic E-state index is 0.00892. The van der Waals surface area contributed by atoms with Gasteiger partial charge >= 0.3 is 0 Å². The summed E-state index contributed by atoms with van der Waals surface area (Å²) in [5.41, 5.74) is 3.06. The van der Waals surface area contributed by atoms with Gasteiger partial charge in [-0.05, 0) is 85.8 Å². The summed E-state index contributed by atoms with van der Waals surface area (Å²) < 4.78 is 28.5. The van der Waals surface area contributed by atoms with Gasteiger partial charge in [-0.1, -0.05) is 33.4 Å². The van der Waals surface area contributed by atoms with Gasteiger partial charge in [0.15, 0.2) is 0 Å². The number of likely N-dealkylation sites (tertiary alicyclic amines) is 1. The Morgan fingerprint density at radius 3 is 2.57 bits per heavy atom. The number of rotatable bonds is 8. The van der Waals surface area contributed by atoms with Crippen LogP contribution < -0.4 is 10.6 Å². The van der Waals surface area contributed by atoms with Crippen molar-refractivity contribution in [1.29, 1.82) is 0 Å². The molecule has 0 bridgehead atoms. The van der Waals surface area contributed by atoms with Crippen LogP contribution in [0.5, 0.6) is 0 Å². The lowest BCUT2D eigenvalue weighted by Crippen LogP contribution is -2.37. The minimum atomic E-state index is -2.61. The van der Waals surface area contributed by atoms with Crippen molar-refractivity contribution >= 4 is 40.1 Å². The molecular weight excluding hydrogens is 556 g/mol. The lowest BCUT2D eigenvalue weighted by Gasteiger charge is -2.38. The number of hydrogen-bond donors (Lipinski definition) is 2. The highest BCUT2D eigenvalue weighted by atomic mass is 32.1. The van der Waals surface area contributed by atoms with E-state index in [1.807, 2.05) is 4.90 Å². The van der Waals surface area contributed by atoms with E-state index in [1.54, 1.807) is 0 Å². The molecular formula is C32H41F2N5O2S. The predicted octanol–water partition coefficient (Wildman–Crippen LogP) is 7.33. The van der Waals surface area contributed by atoms with Crippen LogP contribution in [0.2, 0.25) is 0 Å². The molecule has 0 radical (unpaired) electrons. The largest absolute Gasteiger partial charge is 0.339 e. The molecule has 7 nitrogen and oxygen atoms in total. The van der Waals surface area contributed by atoms with Crippen LogP contribution in [0.4, 0.5) is 14.7 Å². The summed E-state index contributed by atoms with van der Waals surface area (Å²) in [6, 6.07) is 9.40. The molecule has 1 saturated heterocycles. The van der Waals surface area contributed by atoms with Crippen molar-refractivity contribution in [3.05, 3.63) is 58.3 Å². The van der Waals surface area contributed by atoms with E-state index in [0.29, 0.717) is 18.5 Å². The van der Waals surface area contributed by atoms with Crippen molar-refractivity contribution in [2.75, 3.05) is 18.4 Å². The second-order valence-corrected chi connectivity index (χ2v) is 14.1. The number of aromatic nitrogens is 2. The molecule has 0 unspecified atom stereocenters. The smallest absolute Gasteiger partial charge is 0.272 e. The zero-order valence-electron chi connectivity index (χ0n) is 24.9. The summed E-state index contributed by atoms with van der Waals surface area (Å²) in [4.78, 5) is 32.2. The molecule has 1 saturated carbocycles. The number of anilines is 1. The number of carbonyl (C=O) groups is 2. The average Bonchev–Trinajstić information content (AvgIpc) is 3.69. The molecule has 2 N–H and O–H groups in total. The fourth-order valence-corrected chi connectivity index (χ4v) is 6.94. The van der Waals surface area contributed by atoms with E-state index >= 15 is 0 Å². The Morgan fingerprint density at radius 2 is 1.93 bits per heavy atom. The second kappa shape index (κ2) is 11.9. The highest BCUT2D eigenvalue weighted by molar-refractivity contribution is 7.14. The molecule has 2 aliphatic rings. The van der Waals surface area contributed by atoms with Gasteiger partial charge in [-0.3, -0.25) is 14.9 Å². The van der Waals surface area contributed by atoms with Crippen LogP contribution in [0, 0.1) is 10.8 Å². The first-order valence-electron chi connectivity index (χ1n) is 14.7. The van der Waals surface area contributed by atoms with Gasteiger partial charge in [0, 0.05) is 31.7 Å². The summed E-state index contributed by atoms with van der Waals surface area (Å²) in [6.45, 7) is 14.6. The molecule has 1 atom stereocenters. The normalized spacial score (nSPS) is 21.8. The standard InChI is InChI=1S/C32H41F2N5O2S/c1-6-27(40)38-16-15-32(19-38)13-11-22(12-14-32)39-24-8-7-21(18-35-20(2)31(3,4)5)17-23(24)36-30(39)37-29(41)26-10-9-25(42-26)28(33)34/h6-10,17,20,22,28,35H,1,11-16,18-19H2,2-5H3,(H,36,37,41)/t20-,22?,32?/m0/s1. The third-order valence-corrected chi connectivity index (χ3v) is 10.4. The van der Waals surface area contributed by atoms with Gasteiger partial charge in [-0.15, -0.1) is 11.3 Å². The maximum atomic E-state index is 13.2. The molecule has 1 aliphatic heterocycles. The number of thiophene rings is 1. The van der Waals surface area contributed by atoms with Crippen molar-refractivity contribution in [3.63, 3.8) is 0 Å². The molecule has 2 aromatic heterocycles. The number of hydrogen-bond acceptors (Lipinski definition) is 5. The topological polar surface area (TPSA) is 79.3 Å². The quantitative estimate of drug-likeness (QED) is 0.267. The van der Waals surface area contributed by atoms with Crippen LogP contribution >= 0.6 is 11.3 Å². The second-order valence-electron chi connectivity index (χ2n) is 13.0. The Balaban J connectivity index is 1.40. The SMILES string of the molecule is C=CC(=O)N1CCC2(CCC(n3c(NC(=O)c4ccc(C(F)F)s4)nc4cc(CN[C@@H](C)C(C)(C)C)ccc43)CC2)C1. The van der Waals surface area contributed by atoms with Gasteiger partial charge in [0.05, 0.1) is 20.8 Å². The third kappa shape index (κ3) is 6.29. The number of benzene rings is 1. The minimum Gasteiger partial charge on any atom is -0.339 e. The molecule has 226 valence electrons. The summed E-state index contributed by atoms with van der Waals surface area (Å²) in [7, 11) is 0. The number of imidazole rings is 1. The van der Waals surface area contributed by atoms with Crippen LogP contribution in [0.3, 0.4) is 0 Å². The molecule has 3 aromatic rings. The monoisotopic (exact) mass is 597 g/mol. The number of nitrogens with zero attached hydrogens (tertiary/aromatic N) is 3. The molecule has 3 heterocycles. The highest BCUT2D eigenvalue weighted by Gasteiger charge is 2.42. The fourth-order valence-electron chi connectivity index (χ4n) is 6.18. The van der Waals surface area contributed by atoms with Crippen molar-refractivity contribution in [1.82, 2.24) is 19.8 Å². The molecule has 10 heteroatoms. The third-order valence-electron chi connectivity index (χ3n) is 9.26. The van der Waals surface area contributed by atoms with E-state index < -0.39 is 12.3 Å². The summed E-state index contributed by atoms with van der Waals surface area (Å²) in [6.07, 6.45) is 3.50. The number of alkyl halides is 2. The van der Waals surface area contributed by atoms with Crippen molar-refractivity contribution < 1.29 is 18.4 Å². The molecule has 1 spiro atoms. The maximum absolute atomic E-state index is 13.2. The van der Waals surface area contributed by atoms with Gasteiger partial charge in [0.1, 0.15) is 0 Å². The van der Waals surface area contributed by atoms with E-state index in [4.69, 9.17) is 4.98 Å². The van der Waals surface area contributed by atoms with E-state index in [-0.39, 0.29) is 32.5 Å². The Kier molecular flexibility index (Phi) is 8.58. The molecule has 2 amide bonds. The van der Waals surface area contributed by atoms with Gasteiger partial charge < -0.3 is 14.8 Å². The van der Waals surface area contributed by atoms with Gasteiger partial charge in [0.2, 0.25) is 11.9 Å². The van der Waals surface area contributed by atoms with Crippen molar-refractivity contribution in [2.24, 2.45) is 10.8 Å². The van der Waals surface area contributed by atoms with E-state index in [9.17, 15) is 18.4 Å². The van der Waals surface area contributed by atoms with E-state index in [2.05, 4.69) is 67.7 Å². The number of fused-ring (bicyclic) bond motifs is 1. The van der Waals surface area contributed by atoms with Crippen LogP contribution in [0.15, 0.2) is 43.0 Å². The lowest BCUT2D eigenvalue weighted by atomic mass is 9.72. The first-order valence-corrected chi connectivity index (χ1v) is 15.6.